The van der Waals surface area contributed by atoms with Crippen molar-refractivity contribution >= 4 is 0 Å². The first-order valence-corrected chi connectivity index (χ1v) is 7.31. The van der Waals surface area contributed by atoms with Crippen LogP contribution in [0.3, 0.4) is 0 Å². The first-order valence-electron chi connectivity index (χ1n) is 7.31. The molecule has 1 saturated carbocycles. The Kier molecular flexibility index (Phi) is 3.70. The molecule has 0 N–H and O–H groups in total. The van der Waals surface area contributed by atoms with Crippen LogP contribution in [-0.2, 0) is 13.2 Å². The maximum absolute atomic E-state index is 13.0. The van der Waals surface area contributed by atoms with E-state index in [0.717, 1.165) is 23.9 Å². The van der Waals surface area contributed by atoms with Gasteiger partial charge < -0.3 is 4.52 Å². The number of nitrogens with zero attached hydrogens (tertiary/aromatic N) is 4. The molecule has 0 radical (unpaired) electrons. The molecule has 5 nitrogen and oxygen atoms in total. The van der Waals surface area contributed by atoms with Gasteiger partial charge in [-0.05, 0) is 18.8 Å². The topological polar surface area (TPSA) is 56.7 Å². The van der Waals surface area contributed by atoms with Crippen molar-refractivity contribution in [2.45, 2.75) is 44.7 Å². The molecule has 8 heteroatoms. The maximum atomic E-state index is 13.0. The maximum Gasteiger partial charge on any atom is 0.435 e. The zero-order valence-corrected chi connectivity index (χ0v) is 12.4. The average Bonchev–Trinajstić information content (AvgIpc) is 3.05. The predicted octanol–water partition coefficient (Wildman–Crippen LogP) is 3.78. The van der Waals surface area contributed by atoms with Gasteiger partial charge in [0.05, 0.1) is 5.56 Å². The molecule has 2 unspecified atom stereocenters. The third kappa shape index (κ3) is 2.74. The highest BCUT2D eigenvalue weighted by molar-refractivity contribution is 5.57. The Morgan fingerprint density at radius 1 is 1.27 bits per heavy atom. The molecule has 1 aliphatic rings. The van der Waals surface area contributed by atoms with E-state index >= 15 is 0 Å². The average molecular weight is 314 g/mol. The molecule has 22 heavy (non-hydrogen) atoms. The molecule has 0 bridgehead atoms. The van der Waals surface area contributed by atoms with Crippen molar-refractivity contribution in [3.8, 4) is 11.4 Å². The van der Waals surface area contributed by atoms with Crippen LogP contribution in [0.25, 0.3) is 11.4 Å². The molecule has 120 valence electrons. The van der Waals surface area contributed by atoms with E-state index in [2.05, 4.69) is 22.2 Å². The number of aromatic nitrogens is 4. The molecule has 2 atom stereocenters. The van der Waals surface area contributed by atoms with Gasteiger partial charge in [0, 0.05) is 19.2 Å². The van der Waals surface area contributed by atoms with E-state index in [-0.39, 0.29) is 17.3 Å². The fourth-order valence-electron chi connectivity index (χ4n) is 3.04. The summed E-state index contributed by atoms with van der Waals surface area (Å²) in [6, 6.07) is 0. The second-order valence-electron chi connectivity index (χ2n) is 5.89. The van der Waals surface area contributed by atoms with Gasteiger partial charge in [-0.2, -0.15) is 23.3 Å². The lowest BCUT2D eigenvalue weighted by atomic mass is 9.80. The first kappa shape index (κ1) is 15.1. The predicted molar refractivity (Wildman–Crippen MR) is 71.9 cm³/mol. The van der Waals surface area contributed by atoms with Gasteiger partial charge in [0.15, 0.2) is 5.69 Å². The minimum Gasteiger partial charge on any atom is -0.339 e. The third-order valence-corrected chi connectivity index (χ3v) is 4.21. The van der Waals surface area contributed by atoms with Gasteiger partial charge >= 0.3 is 6.18 Å². The van der Waals surface area contributed by atoms with E-state index in [1.807, 2.05) is 0 Å². The summed E-state index contributed by atoms with van der Waals surface area (Å²) >= 11 is 0. The van der Waals surface area contributed by atoms with Crippen molar-refractivity contribution in [3.63, 3.8) is 0 Å². The van der Waals surface area contributed by atoms with E-state index in [1.165, 1.54) is 19.7 Å². The van der Waals surface area contributed by atoms with Gasteiger partial charge in [-0.1, -0.05) is 24.9 Å². The van der Waals surface area contributed by atoms with E-state index in [1.54, 1.807) is 0 Å². The van der Waals surface area contributed by atoms with E-state index < -0.39 is 11.9 Å². The molecule has 0 spiro atoms. The van der Waals surface area contributed by atoms with Crippen molar-refractivity contribution < 1.29 is 17.7 Å². The molecule has 2 heterocycles. The number of aryl methyl sites for hydroxylation is 1. The summed E-state index contributed by atoms with van der Waals surface area (Å²) < 4.78 is 45.4. The minimum absolute atomic E-state index is 0.0480. The van der Waals surface area contributed by atoms with E-state index in [0.29, 0.717) is 11.8 Å². The highest BCUT2D eigenvalue weighted by atomic mass is 19.4. The van der Waals surface area contributed by atoms with Crippen molar-refractivity contribution in [1.29, 1.82) is 0 Å². The van der Waals surface area contributed by atoms with Crippen molar-refractivity contribution in [1.82, 2.24) is 19.9 Å². The van der Waals surface area contributed by atoms with Gasteiger partial charge in [0.1, 0.15) is 0 Å². The van der Waals surface area contributed by atoms with E-state index in [4.69, 9.17) is 4.52 Å². The van der Waals surface area contributed by atoms with Crippen LogP contribution in [0.4, 0.5) is 13.2 Å². The summed E-state index contributed by atoms with van der Waals surface area (Å²) in [5.74, 6) is 0.909. The molecule has 0 amide bonds. The lowest BCUT2D eigenvalue weighted by Gasteiger charge is -2.25. The summed E-state index contributed by atoms with van der Waals surface area (Å²) in [5, 5.41) is 7.21. The number of halogens is 3. The first-order chi connectivity index (χ1) is 10.4. The van der Waals surface area contributed by atoms with Gasteiger partial charge in [-0.3, -0.25) is 4.68 Å². The minimum atomic E-state index is -4.55. The Bertz CT molecular complexity index is 661. The largest absolute Gasteiger partial charge is 0.435 e. The fourth-order valence-corrected chi connectivity index (χ4v) is 3.04. The zero-order chi connectivity index (χ0) is 15.9. The Morgan fingerprint density at radius 2 is 2.00 bits per heavy atom. The van der Waals surface area contributed by atoms with Gasteiger partial charge in [0.2, 0.25) is 11.7 Å². The molecule has 1 fully saturated rings. The van der Waals surface area contributed by atoms with Crippen molar-refractivity contribution in [3.05, 3.63) is 17.8 Å². The van der Waals surface area contributed by atoms with Crippen LogP contribution in [0.2, 0.25) is 0 Å². The number of rotatable bonds is 2. The third-order valence-electron chi connectivity index (χ3n) is 4.21. The molecular formula is C14H17F3N4O. The highest BCUT2D eigenvalue weighted by Crippen LogP contribution is 2.39. The lowest BCUT2D eigenvalue weighted by molar-refractivity contribution is -0.141. The Morgan fingerprint density at radius 3 is 2.68 bits per heavy atom. The molecule has 0 saturated heterocycles. The molecule has 2 aromatic heterocycles. The zero-order valence-electron chi connectivity index (χ0n) is 12.4. The van der Waals surface area contributed by atoms with Crippen LogP contribution in [0.5, 0.6) is 0 Å². The van der Waals surface area contributed by atoms with E-state index in [9.17, 15) is 13.2 Å². The standard InChI is InChI=1S/C14H17F3N4O/c1-8-5-3-4-6-9(8)13-18-12(20-22-13)10-7-21(2)19-11(10)14(15,16)17/h7-9H,3-6H2,1-2H3. The summed E-state index contributed by atoms with van der Waals surface area (Å²) in [6.07, 6.45) is 0.967. The van der Waals surface area contributed by atoms with Gasteiger partial charge in [0.25, 0.3) is 0 Å². The van der Waals surface area contributed by atoms with Crippen LogP contribution in [0, 0.1) is 5.92 Å². The molecule has 1 aliphatic carbocycles. The SMILES string of the molecule is CC1CCCCC1c1nc(-c2cn(C)nc2C(F)(F)F)no1. The smallest absolute Gasteiger partial charge is 0.339 e. The van der Waals surface area contributed by atoms with Crippen LogP contribution in [-0.4, -0.2) is 19.9 Å². The summed E-state index contributed by atoms with van der Waals surface area (Å²) in [5.41, 5.74) is -1.13. The normalized spacial score (nSPS) is 23.0. The molecule has 2 aromatic rings. The monoisotopic (exact) mass is 314 g/mol. The Balaban J connectivity index is 1.94. The second-order valence-corrected chi connectivity index (χ2v) is 5.89. The molecule has 0 aliphatic heterocycles. The van der Waals surface area contributed by atoms with Crippen LogP contribution < -0.4 is 0 Å². The summed E-state index contributed by atoms with van der Waals surface area (Å²) in [6.45, 7) is 2.11. The summed E-state index contributed by atoms with van der Waals surface area (Å²) in [7, 11) is 1.43. The van der Waals surface area contributed by atoms with Crippen LogP contribution in [0.15, 0.2) is 10.7 Å². The van der Waals surface area contributed by atoms with Gasteiger partial charge in [-0.25, -0.2) is 0 Å². The number of alkyl halides is 3. The molecule has 0 aromatic carbocycles. The fraction of sp³-hybridized carbons (Fsp3) is 0.643. The van der Waals surface area contributed by atoms with Crippen LogP contribution >= 0.6 is 0 Å². The summed E-state index contributed by atoms with van der Waals surface area (Å²) in [4.78, 5) is 4.21. The van der Waals surface area contributed by atoms with Crippen molar-refractivity contribution in [2.75, 3.05) is 0 Å². The molecular weight excluding hydrogens is 297 g/mol. The Hall–Kier alpha value is -1.86. The van der Waals surface area contributed by atoms with Crippen LogP contribution in [0.1, 0.15) is 50.1 Å². The number of hydrogen-bond acceptors (Lipinski definition) is 4. The Labute approximate surface area is 125 Å². The lowest BCUT2D eigenvalue weighted by Crippen LogP contribution is -2.15. The number of hydrogen-bond donors (Lipinski definition) is 0. The van der Waals surface area contributed by atoms with Crippen molar-refractivity contribution in [2.24, 2.45) is 13.0 Å². The second kappa shape index (κ2) is 5.40. The highest BCUT2D eigenvalue weighted by Gasteiger charge is 2.39. The molecule has 3 rings (SSSR count). The quantitative estimate of drug-likeness (QED) is 0.846. The van der Waals surface area contributed by atoms with Gasteiger partial charge in [-0.15, -0.1) is 0 Å².